The molecule has 0 saturated heterocycles. The summed E-state index contributed by atoms with van der Waals surface area (Å²) in [5, 5.41) is 2.40. The van der Waals surface area contributed by atoms with Crippen LogP contribution in [0.4, 0.5) is 13.6 Å². The molecule has 0 heterocycles. The van der Waals surface area contributed by atoms with Gasteiger partial charge in [0.1, 0.15) is 11.4 Å². The van der Waals surface area contributed by atoms with Crippen molar-refractivity contribution in [3.63, 3.8) is 0 Å². The molecule has 1 aromatic rings. The van der Waals surface area contributed by atoms with Gasteiger partial charge in [-0.2, -0.15) is 8.78 Å². The minimum absolute atomic E-state index is 0.00563. The molecule has 0 bridgehead atoms. The number of nitrogens with one attached hydrogen (secondary N) is 1. The average molecular weight is 387 g/mol. The number of alkyl carbamates (subject to hydrolysis) is 1. The molecule has 0 fully saturated rings. The van der Waals surface area contributed by atoms with Gasteiger partial charge in [-0.05, 0) is 52.0 Å². The van der Waals surface area contributed by atoms with Gasteiger partial charge in [-0.3, -0.25) is 9.59 Å². The van der Waals surface area contributed by atoms with E-state index in [2.05, 4.69) is 10.1 Å². The van der Waals surface area contributed by atoms with E-state index < -0.39 is 36.2 Å². The van der Waals surface area contributed by atoms with Crippen LogP contribution in [-0.2, 0) is 14.3 Å². The lowest BCUT2D eigenvalue weighted by Crippen LogP contribution is -2.34. The van der Waals surface area contributed by atoms with Gasteiger partial charge in [0, 0.05) is 12.1 Å². The fraction of sp³-hybridized carbons (Fsp3) is 0.500. The van der Waals surface area contributed by atoms with Gasteiger partial charge in [0.25, 0.3) is 0 Å². The van der Waals surface area contributed by atoms with Crippen LogP contribution in [0.2, 0.25) is 0 Å². The van der Waals surface area contributed by atoms with E-state index in [1.165, 1.54) is 31.2 Å². The van der Waals surface area contributed by atoms with Crippen LogP contribution in [0.5, 0.6) is 5.75 Å². The van der Waals surface area contributed by atoms with E-state index in [4.69, 9.17) is 9.47 Å². The first kappa shape index (κ1) is 22.3. The molecule has 1 N–H and O–H groups in total. The summed E-state index contributed by atoms with van der Waals surface area (Å²) >= 11 is 0. The minimum atomic E-state index is -2.96. The largest absolute Gasteiger partial charge is 0.454 e. The lowest BCUT2D eigenvalue weighted by Gasteiger charge is -2.19. The van der Waals surface area contributed by atoms with E-state index in [1.807, 2.05) is 0 Å². The number of carbonyl (C=O) groups excluding carboxylic acids is 3. The van der Waals surface area contributed by atoms with Crippen LogP contribution in [0.25, 0.3) is 0 Å². The Kier molecular flexibility index (Phi) is 8.14. The van der Waals surface area contributed by atoms with E-state index >= 15 is 0 Å². The molecule has 1 rings (SSSR count). The number of amides is 1. The molecule has 9 heteroatoms. The summed E-state index contributed by atoms with van der Waals surface area (Å²) in [6.07, 6.45) is -1.87. The van der Waals surface area contributed by atoms with Crippen molar-refractivity contribution in [2.45, 2.75) is 52.4 Å². The Hall–Kier alpha value is -2.71. The second-order valence-corrected chi connectivity index (χ2v) is 6.58. The first-order chi connectivity index (χ1) is 12.5. The van der Waals surface area contributed by atoms with Crippen LogP contribution >= 0.6 is 0 Å². The van der Waals surface area contributed by atoms with Gasteiger partial charge in [0.15, 0.2) is 6.10 Å². The van der Waals surface area contributed by atoms with Crippen molar-refractivity contribution in [1.29, 1.82) is 0 Å². The quantitative estimate of drug-likeness (QED) is 0.544. The average Bonchev–Trinajstić information content (AvgIpc) is 2.52. The Morgan fingerprint density at radius 3 is 2.22 bits per heavy atom. The van der Waals surface area contributed by atoms with Crippen LogP contribution in [-0.4, -0.2) is 42.7 Å². The highest BCUT2D eigenvalue weighted by atomic mass is 19.3. The molecule has 0 unspecified atom stereocenters. The van der Waals surface area contributed by atoms with Gasteiger partial charge >= 0.3 is 18.7 Å². The molecule has 0 saturated carbocycles. The van der Waals surface area contributed by atoms with Crippen LogP contribution in [0.1, 0.15) is 44.5 Å². The van der Waals surface area contributed by atoms with Crippen LogP contribution < -0.4 is 10.1 Å². The molecule has 27 heavy (non-hydrogen) atoms. The van der Waals surface area contributed by atoms with E-state index in [9.17, 15) is 23.2 Å². The molecule has 1 aromatic carbocycles. The predicted molar refractivity (Wildman–Crippen MR) is 91.8 cm³/mol. The summed E-state index contributed by atoms with van der Waals surface area (Å²) < 4.78 is 38.4. The Balaban J connectivity index is 2.43. The number of ether oxygens (including phenoxy) is 3. The fourth-order valence-electron chi connectivity index (χ4n) is 1.93. The van der Waals surface area contributed by atoms with Crippen molar-refractivity contribution < 1.29 is 37.4 Å². The number of benzene rings is 1. The topological polar surface area (TPSA) is 90.9 Å². The minimum Gasteiger partial charge on any atom is -0.454 e. The second-order valence-electron chi connectivity index (χ2n) is 6.58. The van der Waals surface area contributed by atoms with Crippen molar-refractivity contribution >= 4 is 17.8 Å². The predicted octanol–water partition coefficient (Wildman–Crippen LogP) is 3.32. The maximum atomic E-state index is 12.2. The second kappa shape index (κ2) is 9.84. The number of Topliss-reactive ketones (excluding diaryl/α,β-unsaturated/α-hetero) is 1. The normalized spacial score (nSPS) is 12.3. The SMILES string of the molecule is C[C@@H](OC(=O)CCNC(=O)OC(C)(C)C)C(=O)c1ccc(OC(F)F)cc1. The van der Waals surface area contributed by atoms with Crippen LogP contribution in [0, 0.1) is 0 Å². The van der Waals surface area contributed by atoms with Gasteiger partial charge in [0.2, 0.25) is 5.78 Å². The Labute approximate surface area is 156 Å². The first-order valence-electron chi connectivity index (χ1n) is 8.23. The van der Waals surface area contributed by atoms with E-state index in [0.29, 0.717) is 0 Å². The lowest BCUT2D eigenvalue weighted by molar-refractivity contribution is -0.146. The first-order valence-corrected chi connectivity index (χ1v) is 8.23. The Morgan fingerprint density at radius 2 is 1.70 bits per heavy atom. The van der Waals surface area contributed by atoms with Crippen molar-refractivity contribution in [3.05, 3.63) is 29.8 Å². The summed E-state index contributed by atoms with van der Waals surface area (Å²) in [5.41, 5.74) is -0.467. The Bertz CT molecular complexity index is 655. The molecule has 1 amide bonds. The highest BCUT2D eigenvalue weighted by molar-refractivity contribution is 6.00. The number of rotatable bonds is 8. The molecule has 0 radical (unpaired) electrons. The molecule has 0 spiro atoms. The van der Waals surface area contributed by atoms with E-state index in [0.717, 1.165) is 0 Å². The molecule has 1 atom stereocenters. The number of carbonyl (C=O) groups is 3. The number of hydrogen-bond acceptors (Lipinski definition) is 6. The third kappa shape index (κ3) is 8.98. The van der Waals surface area contributed by atoms with Crippen molar-refractivity contribution in [2.75, 3.05) is 6.54 Å². The van der Waals surface area contributed by atoms with Crippen LogP contribution in [0.3, 0.4) is 0 Å². The van der Waals surface area contributed by atoms with Gasteiger partial charge < -0.3 is 19.5 Å². The summed E-state index contributed by atoms with van der Waals surface area (Å²) in [5.74, 6) is -1.25. The molecule has 0 aliphatic carbocycles. The number of alkyl halides is 2. The molecule has 7 nitrogen and oxygen atoms in total. The van der Waals surface area contributed by atoms with Crippen molar-refractivity contribution in [2.24, 2.45) is 0 Å². The maximum Gasteiger partial charge on any atom is 0.407 e. The van der Waals surface area contributed by atoms with Crippen molar-refractivity contribution in [3.8, 4) is 5.75 Å². The molecular weight excluding hydrogens is 364 g/mol. The number of hydrogen-bond donors (Lipinski definition) is 1. The molecule has 150 valence electrons. The zero-order valence-corrected chi connectivity index (χ0v) is 15.6. The summed E-state index contributed by atoms with van der Waals surface area (Å²) in [7, 11) is 0. The van der Waals surface area contributed by atoms with Gasteiger partial charge in [0.05, 0.1) is 6.42 Å². The zero-order chi connectivity index (χ0) is 20.6. The van der Waals surface area contributed by atoms with Crippen LogP contribution in [0.15, 0.2) is 24.3 Å². The zero-order valence-electron chi connectivity index (χ0n) is 15.6. The molecule has 0 aromatic heterocycles. The molecule has 0 aliphatic rings. The maximum absolute atomic E-state index is 12.2. The highest BCUT2D eigenvalue weighted by Gasteiger charge is 2.20. The van der Waals surface area contributed by atoms with Gasteiger partial charge in [-0.25, -0.2) is 4.79 Å². The molecular formula is C18H23F2NO6. The van der Waals surface area contributed by atoms with E-state index in [1.54, 1.807) is 20.8 Å². The molecule has 0 aliphatic heterocycles. The summed E-state index contributed by atoms with van der Waals surface area (Å²) in [6, 6.07) is 5.04. The van der Waals surface area contributed by atoms with Crippen molar-refractivity contribution in [1.82, 2.24) is 5.32 Å². The highest BCUT2D eigenvalue weighted by Crippen LogP contribution is 2.16. The van der Waals surface area contributed by atoms with E-state index in [-0.39, 0.29) is 24.3 Å². The standard InChI is InChI=1S/C18H23F2NO6/c1-11(15(23)12-5-7-13(8-6-12)26-16(19)20)25-14(22)9-10-21-17(24)27-18(2,3)4/h5-8,11,16H,9-10H2,1-4H3,(H,21,24)/t11-/m1/s1. The summed E-state index contributed by atoms with van der Waals surface area (Å²) in [6.45, 7) is 3.56. The number of halogens is 2. The third-order valence-corrected chi connectivity index (χ3v) is 3.04. The third-order valence-electron chi connectivity index (χ3n) is 3.04. The fourth-order valence-corrected chi connectivity index (χ4v) is 1.93. The van der Waals surface area contributed by atoms with Gasteiger partial charge in [-0.15, -0.1) is 0 Å². The number of ketones is 1. The lowest BCUT2D eigenvalue weighted by atomic mass is 10.1. The monoisotopic (exact) mass is 387 g/mol. The Morgan fingerprint density at radius 1 is 1.11 bits per heavy atom. The smallest absolute Gasteiger partial charge is 0.407 e. The summed E-state index contributed by atoms with van der Waals surface area (Å²) in [4.78, 5) is 35.4. The van der Waals surface area contributed by atoms with Gasteiger partial charge in [-0.1, -0.05) is 0 Å². The number of esters is 1.